The predicted octanol–water partition coefficient (Wildman–Crippen LogP) is 4.16. The van der Waals surface area contributed by atoms with Gasteiger partial charge in [0.1, 0.15) is 0 Å². The van der Waals surface area contributed by atoms with Gasteiger partial charge in [-0.3, -0.25) is 4.90 Å². The third kappa shape index (κ3) is 4.56. The number of benzene rings is 2. The fourth-order valence-corrected chi connectivity index (χ4v) is 4.54. The van der Waals surface area contributed by atoms with E-state index >= 15 is 0 Å². The standard InChI is InChI=1S/C24H31N3O/c1-19-7-9-20(10-8-19)17-25-24(28)27-16-13-23(18-27)26-14-11-22(12-15-26)21-5-3-2-4-6-21/h2-10,22-23H,11-18H2,1H3,(H,25,28). The van der Waals surface area contributed by atoms with Gasteiger partial charge in [0.25, 0.3) is 0 Å². The molecule has 0 radical (unpaired) electrons. The molecule has 4 heteroatoms. The van der Waals surface area contributed by atoms with Crippen LogP contribution in [0.3, 0.4) is 0 Å². The van der Waals surface area contributed by atoms with Gasteiger partial charge in [-0.05, 0) is 56.3 Å². The Labute approximate surface area is 168 Å². The lowest BCUT2D eigenvalue weighted by atomic mass is 9.89. The van der Waals surface area contributed by atoms with Gasteiger partial charge in [-0.2, -0.15) is 0 Å². The highest BCUT2D eigenvalue weighted by atomic mass is 16.2. The predicted molar refractivity (Wildman–Crippen MR) is 113 cm³/mol. The summed E-state index contributed by atoms with van der Waals surface area (Å²) in [5.74, 6) is 0.688. The van der Waals surface area contributed by atoms with E-state index in [9.17, 15) is 4.79 Å². The topological polar surface area (TPSA) is 35.6 Å². The Morgan fingerprint density at radius 2 is 1.68 bits per heavy atom. The summed E-state index contributed by atoms with van der Waals surface area (Å²) in [7, 11) is 0. The van der Waals surface area contributed by atoms with E-state index in [-0.39, 0.29) is 6.03 Å². The van der Waals surface area contributed by atoms with Gasteiger partial charge in [0.2, 0.25) is 0 Å². The fourth-order valence-electron chi connectivity index (χ4n) is 4.54. The number of amides is 2. The minimum absolute atomic E-state index is 0.0715. The number of likely N-dealkylation sites (tertiary alicyclic amines) is 2. The van der Waals surface area contributed by atoms with Gasteiger partial charge in [0, 0.05) is 25.7 Å². The van der Waals surface area contributed by atoms with Gasteiger partial charge in [-0.1, -0.05) is 60.2 Å². The molecule has 2 saturated heterocycles. The number of carbonyl (C=O) groups excluding carboxylic acids is 1. The number of hydrogen-bond acceptors (Lipinski definition) is 2. The van der Waals surface area contributed by atoms with Crippen LogP contribution in [0.5, 0.6) is 0 Å². The van der Waals surface area contributed by atoms with Gasteiger partial charge in [-0.25, -0.2) is 4.79 Å². The average Bonchev–Trinajstić information content (AvgIpc) is 3.24. The Kier molecular flexibility index (Phi) is 5.96. The molecule has 2 aliphatic heterocycles. The van der Waals surface area contributed by atoms with Gasteiger partial charge in [-0.15, -0.1) is 0 Å². The van der Waals surface area contributed by atoms with Crippen LogP contribution in [0.15, 0.2) is 54.6 Å². The molecule has 0 spiro atoms. The Balaban J connectivity index is 1.23. The van der Waals surface area contributed by atoms with E-state index < -0.39 is 0 Å². The normalized spacial score (nSPS) is 21.0. The molecule has 2 aromatic rings. The van der Waals surface area contributed by atoms with Crippen molar-refractivity contribution >= 4 is 6.03 Å². The molecule has 2 aliphatic rings. The lowest BCUT2D eigenvalue weighted by molar-refractivity contribution is 0.151. The van der Waals surface area contributed by atoms with E-state index in [1.165, 1.54) is 24.0 Å². The van der Waals surface area contributed by atoms with Crippen molar-refractivity contribution in [2.75, 3.05) is 26.2 Å². The summed E-state index contributed by atoms with van der Waals surface area (Å²) in [5, 5.41) is 3.08. The number of piperidine rings is 1. The first-order chi connectivity index (χ1) is 13.7. The molecule has 148 valence electrons. The van der Waals surface area contributed by atoms with Crippen LogP contribution in [0.1, 0.15) is 41.9 Å². The van der Waals surface area contributed by atoms with E-state index in [2.05, 4.69) is 71.7 Å². The highest BCUT2D eigenvalue weighted by Gasteiger charge is 2.32. The highest BCUT2D eigenvalue weighted by molar-refractivity contribution is 5.74. The fraction of sp³-hybridized carbons (Fsp3) is 0.458. The second-order valence-corrected chi connectivity index (χ2v) is 8.25. The SMILES string of the molecule is Cc1ccc(CNC(=O)N2CCC(N3CCC(c4ccccc4)CC3)C2)cc1. The second kappa shape index (κ2) is 8.78. The first kappa shape index (κ1) is 19.0. The molecular weight excluding hydrogens is 346 g/mol. The first-order valence-electron chi connectivity index (χ1n) is 10.6. The summed E-state index contributed by atoms with van der Waals surface area (Å²) in [6.07, 6.45) is 3.54. The van der Waals surface area contributed by atoms with Gasteiger partial charge in [0.15, 0.2) is 0 Å². The van der Waals surface area contributed by atoms with Crippen molar-refractivity contribution in [2.24, 2.45) is 0 Å². The molecular formula is C24H31N3O. The number of hydrogen-bond donors (Lipinski definition) is 1. The maximum absolute atomic E-state index is 12.5. The van der Waals surface area contributed by atoms with Crippen LogP contribution in [-0.4, -0.2) is 48.1 Å². The van der Waals surface area contributed by atoms with E-state index in [0.29, 0.717) is 18.5 Å². The van der Waals surface area contributed by atoms with E-state index in [1.807, 2.05) is 4.90 Å². The first-order valence-corrected chi connectivity index (χ1v) is 10.6. The lowest BCUT2D eigenvalue weighted by Crippen LogP contribution is -2.44. The number of nitrogens with zero attached hydrogens (tertiary/aromatic N) is 2. The smallest absolute Gasteiger partial charge is 0.317 e. The zero-order valence-corrected chi connectivity index (χ0v) is 16.8. The summed E-state index contributed by atoms with van der Waals surface area (Å²) < 4.78 is 0. The van der Waals surface area contributed by atoms with Crippen molar-refractivity contribution in [2.45, 2.75) is 44.7 Å². The van der Waals surface area contributed by atoms with E-state index in [4.69, 9.17) is 0 Å². The number of carbonyl (C=O) groups is 1. The van der Waals surface area contributed by atoms with Crippen LogP contribution >= 0.6 is 0 Å². The van der Waals surface area contributed by atoms with Crippen molar-refractivity contribution in [3.63, 3.8) is 0 Å². The molecule has 28 heavy (non-hydrogen) atoms. The zero-order chi connectivity index (χ0) is 19.3. The molecule has 4 rings (SSSR count). The molecule has 4 nitrogen and oxygen atoms in total. The van der Waals surface area contributed by atoms with Crippen LogP contribution < -0.4 is 5.32 Å². The van der Waals surface area contributed by atoms with Crippen LogP contribution in [0, 0.1) is 6.92 Å². The third-order valence-corrected chi connectivity index (χ3v) is 6.33. The molecule has 0 bridgehead atoms. The Hall–Kier alpha value is -2.33. The molecule has 2 amide bonds. The highest BCUT2D eigenvalue weighted by Crippen LogP contribution is 2.30. The molecule has 2 aromatic carbocycles. The molecule has 2 heterocycles. The maximum Gasteiger partial charge on any atom is 0.317 e. The van der Waals surface area contributed by atoms with Crippen LogP contribution in [0.25, 0.3) is 0 Å². The van der Waals surface area contributed by atoms with Crippen LogP contribution in [0.2, 0.25) is 0 Å². The zero-order valence-electron chi connectivity index (χ0n) is 16.8. The monoisotopic (exact) mass is 377 g/mol. The summed E-state index contributed by atoms with van der Waals surface area (Å²) in [4.78, 5) is 17.1. The number of aryl methyl sites for hydroxylation is 1. The Bertz CT molecular complexity index is 766. The number of nitrogens with one attached hydrogen (secondary N) is 1. The van der Waals surface area contributed by atoms with Gasteiger partial charge >= 0.3 is 6.03 Å². The minimum Gasteiger partial charge on any atom is -0.334 e. The summed E-state index contributed by atoms with van der Waals surface area (Å²) in [5.41, 5.74) is 3.87. The molecule has 1 N–H and O–H groups in total. The Morgan fingerprint density at radius 3 is 2.39 bits per heavy atom. The molecule has 1 unspecified atom stereocenters. The second-order valence-electron chi connectivity index (χ2n) is 8.25. The van der Waals surface area contributed by atoms with Gasteiger partial charge < -0.3 is 10.2 Å². The van der Waals surface area contributed by atoms with Crippen molar-refractivity contribution in [3.8, 4) is 0 Å². The molecule has 0 saturated carbocycles. The average molecular weight is 378 g/mol. The van der Waals surface area contributed by atoms with E-state index in [1.54, 1.807) is 0 Å². The largest absolute Gasteiger partial charge is 0.334 e. The number of urea groups is 1. The third-order valence-electron chi connectivity index (χ3n) is 6.33. The van der Waals surface area contributed by atoms with Crippen molar-refractivity contribution in [1.82, 2.24) is 15.1 Å². The Morgan fingerprint density at radius 1 is 0.964 bits per heavy atom. The molecule has 1 atom stereocenters. The van der Waals surface area contributed by atoms with Crippen LogP contribution in [-0.2, 0) is 6.54 Å². The summed E-state index contributed by atoms with van der Waals surface area (Å²) in [6.45, 7) is 6.68. The van der Waals surface area contributed by atoms with Crippen molar-refractivity contribution < 1.29 is 4.79 Å². The number of rotatable bonds is 4. The molecule has 0 aromatic heterocycles. The van der Waals surface area contributed by atoms with Gasteiger partial charge in [0.05, 0.1) is 0 Å². The maximum atomic E-state index is 12.5. The van der Waals surface area contributed by atoms with Crippen molar-refractivity contribution in [1.29, 1.82) is 0 Å². The quantitative estimate of drug-likeness (QED) is 0.868. The lowest BCUT2D eigenvalue weighted by Gasteiger charge is -2.36. The van der Waals surface area contributed by atoms with Crippen LogP contribution in [0.4, 0.5) is 4.79 Å². The van der Waals surface area contributed by atoms with E-state index in [0.717, 1.165) is 38.2 Å². The summed E-state index contributed by atoms with van der Waals surface area (Å²) >= 11 is 0. The molecule has 0 aliphatic carbocycles. The summed E-state index contributed by atoms with van der Waals surface area (Å²) in [6, 6.07) is 19.8. The van der Waals surface area contributed by atoms with Crippen molar-refractivity contribution in [3.05, 3.63) is 71.3 Å². The molecule has 2 fully saturated rings. The minimum atomic E-state index is 0.0715.